The van der Waals surface area contributed by atoms with Crippen molar-refractivity contribution in [3.05, 3.63) is 72.1 Å². The topological polar surface area (TPSA) is 99.0 Å². The predicted molar refractivity (Wildman–Crippen MR) is 92.6 cm³/mol. The van der Waals surface area contributed by atoms with E-state index in [2.05, 4.69) is 20.8 Å². The third kappa shape index (κ3) is 4.73. The lowest BCUT2D eigenvalue weighted by molar-refractivity contribution is -0.124. The number of hydrogen-bond acceptors (Lipinski definition) is 6. The van der Waals surface area contributed by atoms with Gasteiger partial charge in [0.1, 0.15) is 6.33 Å². The number of ether oxygens (including phenoxy) is 1. The Morgan fingerprint density at radius 3 is 2.50 bits per heavy atom. The summed E-state index contributed by atoms with van der Waals surface area (Å²) in [6.45, 7) is 0.170. The standard InChI is InChI=1S/C18H17N5O3/c24-17(19-11-10-14-4-2-1-3-5-14)12-26-18(25)15-6-8-16(9-7-15)23-13-20-21-22-23/h1-9,13H,10-12H2,(H,19,24). The van der Waals surface area contributed by atoms with Gasteiger partial charge in [-0.25, -0.2) is 9.48 Å². The first-order chi connectivity index (χ1) is 12.7. The van der Waals surface area contributed by atoms with E-state index in [-0.39, 0.29) is 12.5 Å². The third-order valence-corrected chi connectivity index (χ3v) is 3.63. The molecule has 26 heavy (non-hydrogen) atoms. The molecule has 2 aromatic carbocycles. The number of amides is 1. The number of nitrogens with zero attached hydrogens (tertiary/aromatic N) is 4. The molecular formula is C18H17N5O3. The Kier molecular flexibility index (Phi) is 5.66. The minimum absolute atomic E-state index is 0.317. The van der Waals surface area contributed by atoms with E-state index in [0.717, 1.165) is 12.0 Å². The molecule has 0 fully saturated rings. The van der Waals surface area contributed by atoms with Crippen LogP contribution in [0.1, 0.15) is 15.9 Å². The fraction of sp³-hybridized carbons (Fsp3) is 0.167. The van der Waals surface area contributed by atoms with Crippen molar-refractivity contribution in [2.45, 2.75) is 6.42 Å². The minimum Gasteiger partial charge on any atom is -0.452 e. The predicted octanol–water partition coefficient (Wildman–Crippen LogP) is 1.18. The van der Waals surface area contributed by atoms with E-state index in [4.69, 9.17) is 4.74 Å². The number of benzene rings is 2. The van der Waals surface area contributed by atoms with Gasteiger partial charge in [0, 0.05) is 6.54 Å². The number of esters is 1. The van der Waals surface area contributed by atoms with Gasteiger partial charge in [-0.3, -0.25) is 4.79 Å². The molecule has 0 spiro atoms. The molecule has 1 N–H and O–H groups in total. The first-order valence-electron chi connectivity index (χ1n) is 8.03. The summed E-state index contributed by atoms with van der Waals surface area (Å²) in [5.74, 6) is -0.897. The Bertz CT molecular complexity index is 848. The Balaban J connectivity index is 1.42. The van der Waals surface area contributed by atoms with E-state index < -0.39 is 5.97 Å². The van der Waals surface area contributed by atoms with Crippen LogP contribution in [0.2, 0.25) is 0 Å². The molecule has 0 saturated carbocycles. The lowest BCUT2D eigenvalue weighted by atomic mass is 10.1. The summed E-state index contributed by atoms with van der Waals surface area (Å²) in [6.07, 6.45) is 2.17. The summed E-state index contributed by atoms with van der Waals surface area (Å²) in [5.41, 5.74) is 2.19. The molecule has 1 heterocycles. The normalized spacial score (nSPS) is 10.3. The van der Waals surface area contributed by atoms with Gasteiger partial charge in [0.25, 0.3) is 5.91 Å². The van der Waals surface area contributed by atoms with Crippen molar-refractivity contribution in [1.82, 2.24) is 25.5 Å². The van der Waals surface area contributed by atoms with Crippen LogP contribution in [0.5, 0.6) is 0 Å². The third-order valence-electron chi connectivity index (χ3n) is 3.63. The van der Waals surface area contributed by atoms with Crippen LogP contribution in [-0.2, 0) is 16.0 Å². The average Bonchev–Trinajstić information content (AvgIpc) is 3.22. The molecule has 0 radical (unpaired) electrons. The van der Waals surface area contributed by atoms with E-state index in [9.17, 15) is 9.59 Å². The van der Waals surface area contributed by atoms with E-state index >= 15 is 0 Å². The summed E-state index contributed by atoms with van der Waals surface area (Å²) in [5, 5.41) is 13.6. The van der Waals surface area contributed by atoms with Gasteiger partial charge in [-0.15, -0.1) is 5.10 Å². The second-order valence-electron chi connectivity index (χ2n) is 5.46. The van der Waals surface area contributed by atoms with Crippen LogP contribution >= 0.6 is 0 Å². The Morgan fingerprint density at radius 1 is 1.04 bits per heavy atom. The molecule has 0 atom stereocenters. The van der Waals surface area contributed by atoms with Crippen LogP contribution < -0.4 is 5.32 Å². The van der Waals surface area contributed by atoms with E-state index in [1.54, 1.807) is 24.3 Å². The number of tetrazole rings is 1. The Hall–Kier alpha value is -3.55. The number of nitrogens with one attached hydrogen (secondary N) is 1. The zero-order valence-corrected chi connectivity index (χ0v) is 13.9. The molecular weight excluding hydrogens is 334 g/mol. The van der Waals surface area contributed by atoms with Gasteiger partial charge >= 0.3 is 5.97 Å². The highest BCUT2D eigenvalue weighted by atomic mass is 16.5. The van der Waals surface area contributed by atoms with Crippen molar-refractivity contribution >= 4 is 11.9 Å². The summed E-state index contributed by atoms with van der Waals surface area (Å²) < 4.78 is 6.49. The molecule has 0 aliphatic rings. The second-order valence-corrected chi connectivity index (χ2v) is 5.46. The molecule has 0 unspecified atom stereocenters. The van der Waals surface area contributed by atoms with Crippen molar-refractivity contribution < 1.29 is 14.3 Å². The first-order valence-corrected chi connectivity index (χ1v) is 8.03. The molecule has 0 aliphatic heterocycles. The van der Waals surface area contributed by atoms with Crippen molar-refractivity contribution in [2.75, 3.05) is 13.2 Å². The van der Waals surface area contributed by atoms with Crippen LogP contribution in [0, 0.1) is 0 Å². The maximum absolute atomic E-state index is 12.0. The van der Waals surface area contributed by atoms with Crippen molar-refractivity contribution in [1.29, 1.82) is 0 Å². The van der Waals surface area contributed by atoms with Gasteiger partial charge in [-0.05, 0) is 46.7 Å². The quantitative estimate of drug-likeness (QED) is 0.642. The summed E-state index contributed by atoms with van der Waals surface area (Å²) in [4.78, 5) is 23.8. The van der Waals surface area contributed by atoms with Gasteiger partial charge in [-0.1, -0.05) is 30.3 Å². The molecule has 132 valence electrons. The number of hydrogen-bond donors (Lipinski definition) is 1. The molecule has 3 rings (SSSR count). The maximum Gasteiger partial charge on any atom is 0.338 e. The summed E-state index contributed by atoms with van der Waals surface area (Å²) >= 11 is 0. The number of carbonyl (C=O) groups is 2. The van der Waals surface area contributed by atoms with Crippen LogP contribution in [0.3, 0.4) is 0 Å². The monoisotopic (exact) mass is 351 g/mol. The van der Waals surface area contributed by atoms with Crippen LogP contribution in [0.4, 0.5) is 0 Å². The first kappa shape index (κ1) is 17.3. The van der Waals surface area contributed by atoms with Crippen LogP contribution in [0.15, 0.2) is 60.9 Å². The fourth-order valence-electron chi connectivity index (χ4n) is 2.29. The zero-order chi connectivity index (χ0) is 18.2. The van der Waals surface area contributed by atoms with Crippen LogP contribution in [0.25, 0.3) is 5.69 Å². The fourth-order valence-corrected chi connectivity index (χ4v) is 2.29. The molecule has 3 aromatic rings. The molecule has 0 bridgehead atoms. The Labute approximate surface area is 149 Å². The Morgan fingerprint density at radius 2 is 1.81 bits per heavy atom. The van der Waals surface area contributed by atoms with Gasteiger partial charge in [-0.2, -0.15) is 0 Å². The van der Waals surface area contributed by atoms with Gasteiger partial charge in [0.2, 0.25) is 0 Å². The zero-order valence-electron chi connectivity index (χ0n) is 13.9. The SMILES string of the molecule is O=C(COC(=O)c1ccc(-n2cnnn2)cc1)NCCc1ccccc1. The molecule has 0 saturated heterocycles. The molecule has 8 heteroatoms. The largest absolute Gasteiger partial charge is 0.452 e. The lowest BCUT2D eigenvalue weighted by Crippen LogP contribution is -2.30. The molecule has 1 aromatic heterocycles. The van der Waals surface area contributed by atoms with E-state index in [0.29, 0.717) is 17.8 Å². The van der Waals surface area contributed by atoms with E-state index in [1.807, 2.05) is 30.3 Å². The number of rotatable bonds is 7. The summed E-state index contributed by atoms with van der Waals surface area (Å²) in [7, 11) is 0. The van der Waals surface area contributed by atoms with Crippen molar-refractivity contribution in [2.24, 2.45) is 0 Å². The average molecular weight is 351 g/mol. The highest BCUT2D eigenvalue weighted by Crippen LogP contribution is 2.08. The minimum atomic E-state index is -0.563. The van der Waals surface area contributed by atoms with Gasteiger partial charge in [0.15, 0.2) is 6.61 Å². The number of carbonyl (C=O) groups excluding carboxylic acids is 2. The second kappa shape index (κ2) is 8.52. The molecule has 8 nitrogen and oxygen atoms in total. The van der Waals surface area contributed by atoms with Gasteiger partial charge < -0.3 is 10.1 Å². The maximum atomic E-state index is 12.0. The highest BCUT2D eigenvalue weighted by Gasteiger charge is 2.10. The van der Waals surface area contributed by atoms with Gasteiger partial charge in [0.05, 0.1) is 11.3 Å². The highest BCUT2D eigenvalue weighted by molar-refractivity contribution is 5.91. The number of aromatic nitrogens is 4. The smallest absolute Gasteiger partial charge is 0.338 e. The molecule has 0 aliphatic carbocycles. The lowest BCUT2D eigenvalue weighted by Gasteiger charge is -2.07. The molecule has 1 amide bonds. The summed E-state index contributed by atoms with van der Waals surface area (Å²) in [6, 6.07) is 16.4. The van der Waals surface area contributed by atoms with Crippen LogP contribution in [-0.4, -0.2) is 45.2 Å². The van der Waals surface area contributed by atoms with Crippen molar-refractivity contribution in [3.8, 4) is 5.69 Å². The van der Waals surface area contributed by atoms with Crippen molar-refractivity contribution in [3.63, 3.8) is 0 Å². The van der Waals surface area contributed by atoms with E-state index in [1.165, 1.54) is 11.0 Å².